The predicted octanol–water partition coefficient (Wildman–Crippen LogP) is 3.38. The van der Waals surface area contributed by atoms with Crippen LogP contribution in [0.15, 0.2) is 47.1 Å². The van der Waals surface area contributed by atoms with E-state index in [1.54, 1.807) is 0 Å². The van der Waals surface area contributed by atoms with Crippen molar-refractivity contribution < 1.29 is 28.3 Å². The molecule has 0 saturated carbocycles. The number of esters is 2. The number of fused-ring (bicyclic) bond motifs is 3. The van der Waals surface area contributed by atoms with Crippen LogP contribution in [0.4, 0.5) is 0 Å². The number of carbonyl (C=O) groups is 3. The third kappa shape index (κ3) is 4.97. The van der Waals surface area contributed by atoms with Crippen LogP contribution in [0.5, 0.6) is 0 Å². The monoisotopic (exact) mass is 411 g/mol. The normalized spacial score (nSPS) is 12.1. The highest BCUT2D eigenvalue weighted by Gasteiger charge is 2.23. The molecular weight excluding hydrogens is 386 g/mol. The third-order valence-electron chi connectivity index (χ3n) is 4.77. The Balaban J connectivity index is 1.63. The van der Waals surface area contributed by atoms with Crippen molar-refractivity contribution in [3.63, 3.8) is 0 Å². The molecule has 0 unspecified atom stereocenters. The van der Waals surface area contributed by atoms with E-state index in [9.17, 15) is 14.4 Å². The summed E-state index contributed by atoms with van der Waals surface area (Å²) in [4.78, 5) is 36.3. The van der Waals surface area contributed by atoms with Gasteiger partial charge >= 0.3 is 11.9 Å². The molecule has 1 amide bonds. The lowest BCUT2D eigenvalue weighted by Gasteiger charge is -2.18. The summed E-state index contributed by atoms with van der Waals surface area (Å²) >= 11 is 0. The number of methoxy groups -OCH3 is 1. The number of nitrogens with one attached hydrogen (secondary N) is 1. The number of furan rings is 1. The van der Waals surface area contributed by atoms with E-state index in [2.05, 4.69) is 5.32 Å². The maximum absolute atomic E-state index is 12.3. The summed E-state index contributed by atoms with van der Waals surface area (Å²) in [5.74, 6) is -1.46. The lowest BCUT2D eigenvalue weighted by Crippen LogP contribution is -2.44. The molecule has 0 fully saturated rings. The summed E-state index contributed by atoms with van der Waals surface area (Å²) in [6.45, 7) is 3.39. The van der Waals surface area contributed by atoms with Gasteiger partial charge in [0, 0.05) is 10.9 Å². The molecule has 2 aromatic carbocycles. The van der Waals surface area contributed by atoms with Crippen molar-refractivity contribution in [2.45, 2.75) is 32.7 Å². The smallest absolute Gasteiger partial charge is 0.328 e. The SMILES string of the molecule is COC(=O)[C@@H](CC(C)C)NC(=O)COC(=O)Cc1coc2ccc3ccccc3c12. The van der Waals surface area contributed by atoms with Crippen molar-refractivity contribution in [3.8, 4) is 0 Å². The van der Waals surface area contributed by atoms with Crippen molar-refractivity contribution in [1.29, 1.82) is 0 Å². The van der Waals surface area contributed by atoms with E-state index in [1.807, 2.05) is 50.2 Å². The number of hydrogen-bond donors (Lipinski definition) is 1. The van der Waals surface area contributed by atoms with E-state index in [4.69, 9.17) is 13.9 Å². The molecule has 1 atom stereocenters. The first-order chi connectivity index (χ1) is 14.4. The Kier molecular flexibility index (Phi) is 6.72. The standard InChI is InChI=1S/C23H25NO6/c1-14(2)10-18(23(27)28-3)24-20(25)13-30-21(26)11-16-12-29-19-9-8-15-6-4-5-7-17(15)22(16)19/h4-9,12,14,18H,10-11,13H2,1-3H3,(H,24,25)/t18-/m1/s1. The zero-order valence-electron chi connectivity index (χ0n) is 17.3. The van der Waals surface area contributed by atoms with E-state index in [1.165, 1.54) is 13.4 Å². The fourth-order valence-electron chi connectivity index (χ4n) is 3.42. The largest absolute Gasteiger partial charge is 0.467 e. The minimum absolute atomic E-state index is 0.0271. The van der Waals surface area contributed by atoms with Gasteiger partial charge < -0.3 is 19.2 Å². The highest BCUT2D eigenvalue weighted by atomic mass is 16.5. The molecule has 7 heteroatoms. The third-order valence-corrected chi connectivity index (χ3v) is 4.77. The summed E-state index contributed by atoms with van der Waals surface area (Å²) in [6.07, 6.45) is 1.94. The fourth-order valence-corrected chi connectivity index (χ4v) is 3.42. The molecule has 1 heterocycles. The van der Waals surface area contributed by atoms with Gasteiger partial charge in [0.05, 0.1) is 19.8 Å². The lowest BCUT2D eigenvalue weighted by molar-refractivity contribution is -0.150. The van der Waals surface area contributed by atoms with Crippen LogP contribution in [0.25, 0.3) is 21.7 Å². The number of hydrogen-bond acceptors (Lipinski definition) is 6. The summed E-state index contributed by atoms with van der Waals surface area (Å²) < 4.78 is 15.4. The van der Waals surface area contributed by atoms with Gasteiger partial charge in [-0.05, 0) is 29.2 Å². The first kappa shape index (κ1) is 21.4. The molecule has 1 aromatic heterocycles. The van der Waals surface area contributed by atoms with Crippen molar-refractivity contribution >= 4 is 39.6 Å². The summed E-state index contributed by atoms with van der Waals surface area (Å²) in [5, 5.41) is 5.44. The van der Waals surface area contributed by atoms with Gasteiger partial charge in [-0.25, -0.2) is 4.79 Å². The summed E-state index contributed by atoms with van der Waals surface area (Å²) in [6, 6.07) is 10.9. The van der Waals surface area contributed by atoms with E-state index in [-0.39, 0.29) is 12.3 Å². The quantitative estimate of drug-likeness (QED) is 0.571. The van der Waals surface area contributed by atoms with Crippen LogP contribution in [0.3, 0.4) is 0 Å². The predicted molar refractivity (Wildman–Crippen MR) is 112 cm³/mol. The van der Waals surface area contributed by atoms with Gasteiger partial charge in [-0.1, -0.05) is 44.2 Å². The number of amides is 1. The Morgan fingerprint density at radius 1 is 1.10 bits per heavy atom. The molecule has 0 saturated heterocycles. The summed E-state index contributed by atoms with van der Waals surface area (Å²) in [7, 11) is 1.26. The van der Waals surface area contributed by atoms with Gasteiger partial charge in [0.25, 0.3) is 5.91 Å². The second kappa shape index (κ2) is 9.43. The van der Waals surface area contributed by atoms with E-state index in [0.29, 0.717) is 17.6 Å². The van der Waals surface area contributed by atoms with Crippen LogP contribution in [0.1, 0.15) is 25.8 Å². The van der Waals surface area contributed by atoms with Crippen molar-refractivity contribution in [2.24, 2.45) is 5.92 Å². The molecule has 3 aromatic rings. The minimum Gasteiger partial charge on any atom is -0.467 e. The average Bonchev–Trinajstić information content (AvgIpc) is 3.14. The molecule has 30 heavy (non-hydrogen) atoms. The maximum Gasteiger partial charge on any atom is 0.328 e. The van der Waals surface area contributed by atoms with Gasteiger partial charge in [-0.2, -0.15) is 0 Å². The van der Waals surface area contributed by atoms with Gasteiger partial charge in [-0.15, -0.1) is 0 Å². The highest BCUT2D eigenvalue weighted by molar-refractivity contribution is 6.08. The van der Waals surface area contributed by atoms with Crippen molar-refractivity contribution in [2.75, 3.05) is 13.7 Å². The van der Waals surface area contributed by atoms with Gasteiger partial charge in [0.2, 0.25) is 0 Å². The maximum atomic E-state index is 12.3. The molecule has 0 aliphatic carbocycles. The number of carbonyl (C=O) groups excluding carboxylic acids is 3. The van der Waals surface area contributed by atoms with Crippen LogP contribution in [-0.2, 0) is 30.3 Å². The number of ether oxygens (including phenoxy) is 2. The topological polar surface area (TPSA) is 94.8 Å². The highest BCUT2D eigenvalue weighted by Crippen LogP contribution is 2.30. The molecule has 0 bridgehead atoms. The fraction of sp³-hybridized carbons (Fsp3) is 0.348. The molecule has 0 aliphatic rings. The first-order valence-electron chi connectivity index (χ1n) is 9.79. The van der Waals surface area contributed by atoms with E-state index >= 15 is 0 Å². The Hall–Kier alpha value is -3.35. The van der Waals surface area contributed by atoms with Crippen LogP contribution in [-0.4, -0.2) is 37.6 Å². The van der Waals surface area contributed by atoms with Gasteiger partial charge in [0.15, 0.2) is 6.61 Å². The molecule has 0 aliphatic heterocycles. The molecule has 0 spiro atoms. The molecule has 158 valence electrons. The Morgan fingerprint density at radius 3 is 2.60 bits per heavy atom. The Bertz CT molecular complexity index is 1070. The molecule has 1 N–H and O–H groups in total. The van der Waals surface area contributed by atoms with Crippen LogP contribution >= 0.6 is 0 Å². The van der Waals surface area contributed by atoms with Crippen LogP contribution < -0.4 is 5.32 Å². The second-order valence-electron chi connectivity index (χ2n) is 7.53. The number of rotatable bonds is 8. The second-order valence-corrected chi connectivity index (χ2v) is 7.53. The van der Waals surface area contributed by atoms with Gasteiger partial charge in [-0.3, -0.25) is 9.59 Å². The van der Waals surface area contributed by atoms with E-state index in [0.717, 1.165) is 16.2 Å². The van der Waals surface area contributed by atoms with Crippen molar-refractivity contribution in [3.05, 3.63) is 48.2 Å². The Morgan fingerprint density at radius 2 is 1.87 bits per heavy atom. The molecular formula is C23H25NO6. The van der Waals surface area contributed by atoms with E-state index < -0.39 is 30.5 Å². The summed E-state index contributed by atoms with van der Waals surface area (Å²) in [5.41, 5.74) is 1.38. The zero-order chi connectivity index (χ0) is 21.7. The van der Waals surface area contributed by atoms with Crippen LogP contribution in [0, 0.1) is 5.92 Å². The zero-order valence-corrected chi connectivity index (χ0v) is 17.3. The minimum atomic E-state index is -0.773. The molecule has 0 radical (unpaired) electrons. The first-order valence-corrected chi connectivity index (χ1v) is 9.79. The lowest BCUT2D eigenvalue weighted by atomic mass is 10.0. The Labute approximate surface area is 174 Å². The average molecular weight is 411 g/mol. The van der Waals surface area contributed by atoms with Crippen molar-refractivity contribution in [1.82, 2.24) is 5.32 Å². The van der Waals surface area contributed by atoms with Crippen LogP contribution in [0.2, 0.25) is 0 Å². The molecule has 3 rings (SSSR count). The van der Waals surface area contributed by atoms with Gasteiger partial charge in [0.1, 0.15) is 11.6 Å². The molecule has 7 nitrogen and oxygen atoms in total. The number of benzene rings is 2.